The molecule has 0 bridgehead atoms. The minimum Gasteiger partial charge on any atom is -0.355 e. The van der Waals surface area contributed by atoms with Crippen LogP contribution < -0.4 is 10.6 Å². The summed E-state index contributed by atoms with van der Waals surface area (Å²) in [6.45, 7) is 2.67. The van der Waals surface area contributed by atoms with Gasteiger partial charge < -0.3 is 10.6 Å². The summed E-state index contributed by atoms with van der Waals surface area (Å²) in [4.78, 5) is 5.08. The van der Waals surface area contributed by atoms with Gasteiger partial charge in [0, 0.05) is 28.7 Å². The van der Waals surface area contributed by atoms with E-state index in [4.69, 9.17) is 0 Å². The Bertz CT molecular complexity index is 706. The molecule has 0 radical (unpaired) electrons. The zero-order valence-electron chi connectivity index (χ0n) is 13.8. The highest BCUT2D eigenvalue weighted by atomic mass is 79.9. The number of nitrogens with one attached hydrogen (secondary N) is 2. The van der Waals surface area contributed by atoms with Crippen LogP contribution in [0.5, 0.6) is 0 Å². The van der Waals surface area contributed by atoms with Crippen molar-refractivity contribution in [2.45, 2.75) is 17.9 Å². The van der Waals surface area contributed by atoms with Crippen molar-refractivity contribution in [3.8, 4) is 0 Å². The van der Waals surface area contributed by atoms with Gasteiger partial charge in [0.2, 0.25) is 0 Å². The van der Waals surface area contributed by atoms with Gasteiger partial charge in [-0.2, -0.15) is 0 Å². The molecule has 2 rings (SSSR count). The number of rotatable bonds is 6. The molecule has 0 aliphatic rings. The first-order valence-corrected chi connectivity index (χ1v) is 9.88. The van der Waals surface area contributed by atoms with Crippen molar-refractivity contribution in [1.82, 2.24) is 10.6 Å². The van der Waals surface area contributed by atoms with Gasteiger partial charge in [0.25, 0.3) is 0 Å². The lowest BCUT2D eigenvalue weighted by Gasteiger charge is -2.19. The van der Waals surface area contributed by atoms with Crippen LogP contribution in [-0.4, -0.2) is 29.5 Å². The summed E-state index contributed by atoms with van der Waals surface area (Å²) < 4.78 is 13.3. The van der Waals surface area contributed by atoms with Crippen molar-refractivity contribution in [2.24, 2.45) is 4.99 Å². The Hall–Kier alpha value is -1.66. The molecule has 0 heterocycles. The normalized spacial score (nSPS) is 14.0. The van der Waals surface area contributed by atoms with E-state index in [1.54, 1.807) is 7.05 Å². The predicted octanol–water partition coefficient (Wildman–Crippen LogP) is 3.48. The van der Waals surface area contributed by atoms with Gasteiger partial charge >= 0.3 is 0 Å². The van der Waals surface area contributed by atoms with E-state index in [2.05, 4.69) is 44.5 Å². The topological polar surface area (TPSA) is 53.5 Å². The minimum absolute atomic E-state index is 0.103. The first-order valence-electron chi connectivity index (χ1n) is 7.77. The van der Waals surface area contributed by atoms with Crippen molar-refractivity contribution < 1.29 is 4.21 Å². The van der Waals surface area contributed by atoms with Crippen LogP contribution >= 0.6 is 15.9 Å². The van der Waals surface area contributed by atoms with Gasteiger partial charge in [0.15, 0.2) is 5.96 Å². The van der Waals surface area contributed by atoms with E-state index in [-0.39, 0.29) is 6.04 Å². The van der Waals surface area contributed by atoms with Crippen LogP contribution in [0.3, 0.4) is 0 Å². The fraction of sp³-hybridized carbons (Fsp3) is 0.278. The largest absolute Gasteiger partial charge is 0.355 e. The second-order valence-corrected chi connectivity index (χ2v) is 7.67. The summed E-state index contributed by atoms with van der Waals surface area (Å²) in [5, 5.41) is 6.57. The van der Waals surface area contributed by atoms with Gasteiger partial charge in [-0.15, -0.1) is 0 Å². The smallest absolute Gasteiger partial charge is 0.191 e. The standard InChI is InChI=1S/C18H22BrN3OS/c1-14(16-10-6-7-11-17(16)19)22-18(20-2)21-12-13-24(23)15-8-4-3-5-9-15/h3-11,14H,12-13H2,1-2H3,(H2,20,21,22). The van der Waals surface area contributed by atoms with Gasteiger partial charge in [0.05, 0.1) is 16.8 Å². The zero-order chi connectivity index (χ0) is 17.4. The zero-order valence-corrected chi connectivity index (χ0v) is 16.2. The lowest BCUT2D eigenvalue weighted by Crippen LogP contribution is -2.40. The molecule has 2 unspecified atom stereocenters. The molecular formula is C18H22BrN3OS. The van der Waals surface area contributed by atoms with Crippen LogP contribution in [0.15, 0.2) is 69.0 Å². The molecule has 0 saturated heterocycles. The van der Waals surface area contributed by atoms with Crippen LogP contribution in [0.25, 0.3) is 0 Å². The van der Waals surface area contributed by atoms with E-state index in [1.807, 2.05) is 48.5 Å². The summed E-state index contributed by atoms with van der Waals surface area (Å²) in [5.74, 6) is 1.23. The Morgan fingerprint density at radius 3 is 2.50 bits per heavy atom. The van der Waals surface area contributed by atoms with Crippen molar-refractivity contribution in [2.75, 3.05) is 19.3 Å². The second kappa shape index (κ2) is 9.59. The molecule has 6 heteroatoms. The molecule has 0 aromatic heterocycles. The molecule has 128 valence electrons. The predicted molar refractivity (Wildman–Crippen MR) is 105 cm³/mol. The fourth-order valence-electron chi connectivity index (χ4n) is 2.26. The molecule has 0 saturated carbocycles. The van der Waals surface area contributed by atoms with Crippen molar-refractivity contribution in [3.05, 3.63) is 64.6 Å². The van der Waals surface area contributed by atoms with E-state index in [0.29, 0.717) is 18.3 Å². The quantitative estimate of drug-likeness (QED) is 0.569. The van der Waals surface area contributed by atoms with Crippen LogP contribution in [0, 0.1) is 0 Å². The molecule has 0 amide bonds. The molecule has 0 aliphatic carbocycles. The fourth-order valence-corrected chi connectivity index (χ4v) is 3.87. The highest BCUT2D eigenvalue weighted by Crippen LogP contribution is 2.22. The Balaban J connectivity index is 1.85. The summed E-state index contributed by atoms with van der Waals surface area (Å²) in [7, 11) is 0.725. The van der Waals surface area contributed by atoms with Crippen molar-refractivity contribution in [1.29, 1.82) is 0 Å². The summed E-state index contributed by atoms with van der Waals surface area (Å²) in [6, 6.07) is 17.7. The van der Waals surface area contributed by atoms with E-state index in [1.165, 1.54) is 0 Å². The first-order chi connectivity index (χ1) is 11.6. The van der Waals surface area contributed by atoms with Gasteiger partial charge in [-0.1, -0.05) is 52.3 Å². The third kappa shape index (κ3) is 5.46. The number of benzene rings is 2. The molecule has 2 atom stereocenters. The van der Waals surface area contributed by atoms with Gasteiger partial charge in [-0.05, 0) is 30.7 Å². The maximum Gasteiger partial charge on any atom is 0.191 e. The van der Waals surface area contributed by atoms with E-state index in [9.17, 15) is 4.21 Å². The summed E-state index contributed by atoms with van der Waals surface area (Å²) >= 11 is 3.57. The third-order valence-corrected chi connectivity index (χ3v) is 5.63. The number of guanidine groups is 1. The van der Waals surface area contributed by atoms with Crippen LogP contribution in [0.4, 0.5) is 0 Å². The molecule has 0 spiro atoms. The Morgan fingerprint density at radius 1 is 1.17 bits per heavy atom. The van der Waals surface area contributed by atoms with Gasteiger partial charge in [-0.3, -0.25) is 9.20 Å². The number of halogens is 1. The molecule has 4 nitrogen and oxygen atoms in total. The highest BCUT2D eigenvalue weighted by Gasteiger charge is 2.10. The van der Waals surface area contributed by atoms with Crippen LogP contribution in [-0.2, 0) is 10.8 Å². The van der Waals surface area contributed by atoms with E-state index in [0.717, 1.165) is 14.9 Å². The number of hydrogen-bond donors (Lipinski definition) is 2. The number of hydrogen-bond acceptors (Lipinski definition) is 2. The van der Waals surface area contributed by atoms with Gasteiger partial charge in [-0.25, -0.2) is 0 Å². The SMILES string of the molecule is CN=C(NCCS(=O)c1ccccc1)NC(C)c1ccccc1Br. The molecule has 2 aromatic rings. The molecule has 24 heavy (non-hydrogen) atoms. The average molecular weight is 408 g/mol. The number of nitrogens with zero attached hydrogens (tertiary/aromatic N) is 1. The maximum atomic E-state index is 12.2. The molecule has 0 aliphatic heterocycles. The Kier molecular flexibility index (Phi) is 7.46. The van der Waals surface area contributed by atoms with Crippen LogP contribution in [0.2, 0.25) is 0 Å². The Morgan fingerprint density at radius 2 is 1.83 bits per heavy atom. The lowest BCUT2D eigenvalue weighted by atomic mass is 10.1. The molecule has 2 aromatic carbocycles. The van der Waals surface area contributed by atoms with Crippen molar-refractivity contribution >= 4 is 32.7 Å². The summed E-state index contributed by atoms with van der Waals surface area (Å²) in [6.07, 6.45) is 0. The molecular weight excluding hydrogens is 386 g/mol. The third-order valence-electron chi connectivity index (χ3n) is 3.53. The minimum atomic E-state index is -1.01. The first kappa shape index (κ1) is 18.7. The maximum absolute atomic E-state index is 12.2. The monoisotopic (exact) mass is 407 g/mol. The lowest BCUT2D eigenvalue weighted by molar-refractivity contribution is 0.676. The second-order valence-electron chi connectivity index (χ2n) is 5.25. The highest BCUT2D eigenvalue weighted by molar-refractivity contribution is 9.10. The van der Waals surface area contributed by atoms with Crippen molar-refractivity contribution in [3.63, 3.8) is 0 Å². The van der Waals surface area contributed by atoms with E-state index < -0.39 is 10.8 Å². The van der Waals surface area contributed by atoms with Gasteiger partial charge in [0.1, 0.15) is 0 Å². The Labute approximate surface area is 154 Å². The average Bonchev–Trinajstić information content (AvgIpc) is 2.61. The molecule has 2 N–H and O–H groups in total. The van der Waals surface area contributed by atoms with E-state index >= 15 is 0 Å². The van der Waals surface area contributed by atoms with Crippen LogP contribution in [0.1, 0.15) is 18.5 Å². The summed E-state index contributed by atoms with van der Waals surface area (Å²) in [5.41, 5.74) is 1.16. The number of aliphatic imine (C=N–C) groups is 1. The molecule has 0 fully saturated rings.